The molecule has 1 aliphatic rings. The summed E-state index contributed by atoms with van der Waals surface area (Å²) in [6, 6.07) is 13.7. The molecule has 3 rings (SSSR count). The minimum absolute atomic E-state index is 0.0791. The Morgan fingerprint density at radius 3 is 2.50 bits per heavy atom. The second-order valence-electron chi connectivity index (χ2n) is 5.96. The van der Waals surface area contributed by atoms with Crippen LogP contribution in [0, 0.1) is 0 Å². The molecule has 126 valence electrons. The highest BCUT2D eigenvalue weighted by atomic mass is 79.9. The quantitative estimate of drug-likeness (QED) is 0.816. The van der Waals surface area contributed by atoms with E-state index in [1.807, 2.05) is 42.5 Å². The van der Waals surface area contributed by atoms with Gasteiger partial charge in [0, 0.05) is 11.0 Å². The van der Waals surface area contributed by atoms with Gasteiger partial charge in [-0.1, -0.05) is 34.1 Å². The van der Waals surface area contributed by atoms with Crippen molar-refractivity contribution in [3.63, 3.8) is 0 Å². The Morgan fingerprint density at radius 2 is 1.88 bits per heavy atom. The molecule has 1 N–H and O–H groups in total. The molecule has 0 atom stereocenters. The molecule has 0 radical (unpaired) electrons. The number of ether oxygens (including phenoxy) is 2. The third-order valence-corrected chi connectivity index (χ3v) is 4.96. The summed E-state index contributed by atoms with van der Waals surface area (Å²) in [5.74, 6) is 1.42. The SMILES string of the molecule is COc1ccc(CNC(=O)C2(c3cccc(Br)c3)CC2)cc1OC. The number of amides is 1. The summed E-state index contributed by atoms with van der Waals surface area (Å²) in [5, 5.41) is 3.06. The van der Waals surface area contributed by atoms with Crippen LogP contribution in [0.4, 0.5) is 0 Å². The molecule has 1 saturated carbocycles. The molecule has 4 nitrogen and oxygen atoms in total. The average molecular weight is 390 g/mol. The Kier molecular flexibility index (Phi) is 4.81. The summed E-state index contributed by atoms with van der Waals surface area (Å²) >= 11 is 3.48. The molecule has 5 heteroatoms. The fourth-order valence-corrected chi connectivity index (χ4v) is 3.30. The van der Waals surface area contributed by atoms with E-state index in [2.05, 4.69) is 21.2 Å². The lowest BCUT2D eigenvalue weighted by molar-refractivity contribution is -0.123. The average Bonchev–Trinajstić information content (AvgIpc) is 3.41. The predicted molar refractivity (Wildman–Crippen MR) is 96.4 cm³/mol. The summed E-state index contributed by atoms with van der Waals surface area (Å²) in [5.41, 5.74) is 1.67. The van der Waals surface area contributed by atoms with Gasteiger partial charge in [0.05, 0.1) is 19.6 Å². The minimum Gasteiger partial charge on any atom is -0.493 e. The van der Waals surface area contributed by atoms with E-state index in [1.165, 1.54) is 0 Å². The van der Waals surface area contributed by atoms with Crippen LogP contribution in [0.15, 0.2) is 46.9 Å². The lowest BCUT2D eigenvalue weighted by Gasteiger charge is -2.17. The number of benzene rings is 2. The second-order valence-corrected chi connectivity index (χ2v) is 6.88. The fraction of sp³-hybridized carbons (Fsp3) is 0.316. The lowest BCUT2D eigenvalue weighted by atomic mass is 9.95. The van der Waals surface area contributed by atoms with Gasteiger partial charge >= 0.3 is 0 Å². The van der Waals surface area contributed by atoms with E-state index >= 15 is 0 Å². The van der Waals surface area contributed by atoms with Gasteiger partial charge < -0.3 is 14.8 Å². The first-order chi connectivity index (χ1) is 11.6. The first-order valence-electron chi connectivity index (χ1n) is 7.84. The van der Waals surface area contributed by atoms with Crippen LogP contribution in [-0.2, 0) is 16.8 Å². The van der Waals surface area contributed by atoms with Crippen LogP contribution in [0.1, 0.15) is 24.0 Å². The smallest absolute Gasteiger partial charge is 0.230 e. The molecule has 1 aliphatic carbocycles. The summed E-state index contributed by atoms with van der Waals surface area (Å²) in [6.07, 6.45) is 1.78. The van der Waals surface area contributed by atoms with E-state index in [4.69, 9.17) is 9.47 Å². The van der Waals surface area contributed by atoms with E-state index < -0.39 is 0 Å². The molecule has 1 fully saturated rings. The second kappa shape index (κ2) is 6.85. The van der Waals surface area contributed by atoms with Crippen molar-refractivity contribution in [1.82, 2.24) is 5.32 Å². The third-order valence-electron chi connectivity index (χ3n) is 4.46. The summed E-state index contributed by atoms with van der Waals surface area (Å²) in [4.78, 5) is 12.7. The highest BCUT2D eigenvalue weighted by Crippen LogP contribution is 2.48. The van der Waals surface area contributed by atoms with Crippen molar-refractivity contribution >= 4 is 21.8 Å². The van der Waals surface area contributed by atoms with Crippen molar-refractivity contribution in [2.24, 2.45) is 0 Å². The molecule has 2 aromatic carbocycles. The largest absolute Gasteiger partial charge is 0.493 e. The first-order valence-corrected chi connectivity index (χ1v) is 8.63. The van der Waals surface area contributed by atoms with E-state index in [0.29, 0.717) is 18.0 Å². The minimum atomic E-state index is -0.375. The summed E-state index contributed by atoms with van der Waals surface area (Å²) in [7, 11) is 3.21. The van der Waals surface area contributed by atoms with E-state index in [0.717, 1.165) is 28.4 Å². The van der Waals surface area contributed by atoms with Crippen LogP contribution in [0.3, 0.4) is 0 Å². The molecule has 0 saturated heterocycles. The van der Waals surface area contributed by atoms with Gasteiger partial charge in [0.25, 0.3) is 0 Å². The van der Waals surface area contributed by atoms with Gasteiger partial charge in [-0.2, -0.15) is 0 Å². The normalized spacial score (nSPS) is 14.8. The zero-order chi connectivity index (χ0) is 17.2. The molecule has 0 unspecified atom stereocenters. The molecule has 0 heterocycles. The monoisotopic (exact) mass is 389 g/mol. The van der Waals surface area contributed by atoms with Crippen LogP contribution in [0.2, 0.25) is 0 Å². The molecular weight excluding hydrogens is 370 g/mol. The number of nitrogens with one attached hydrogen (secondary N) is 1. The maximum atomic E-state index is 12.7. The van der Waals surface area contributed by atoms with Crippen LogP contribution >= 0.6 is 15.9 Å². The third kappa shape index (κ3) is 3.26. The molecule has 2 aromatic rings. The predicted octanol–water partition coefficient (Wildman–Crippen LogP) is 3.81. The molecular formula is C19H20BrNO3. The summed E-state index contributed by atoms with van der Waals surface area (Å²) in [6.45, 7) is 0.467. The van der Waals surface area contributed by atoms with Crippen molar-refractivity contribution in [2.75, 3.05) is 14.2 Å². The Balaban J connectivity index is 1.70. The highest BCUT2D eigenvalue weighted by Gasteiger charge is 2.51. The maximum absolute atomic E-state index is 12.7. The van der Waals surface area contributed by atoms with Crippen LogP contribution in [-0.4, -0.2) is 20.1 Å². The van der Waals surface area contributed by atoms with Gasteiger partial charge in [0.15, 0.2) is 11.5 Å². The Labute approximate surface area is 150 Å². The van der Waals surface area contributed by atoms with Gasteiger partial charge in [-0.05, 0) is 48.2 Å². The van der Waals surface area contributed by atoms with Crippen LogP contribution in [0.5, 0.6) is 11.5 Å². The number of carbonyl (C=O) groups excluding carboxylic acids is 1. The number of methoxy groups -OCH3 is 2. The zero-order valence-corrected chi connectivity index (χ0v) is 15.4. The lowest BCUT2D eigenvalue weighted by Crippen LogP contribution is -2.34. The molecule has 0 spiro atoms. The van der Waals surface area contributed by atoms with Gasteiger partial charge in [-0.15, -0.1) is 0 Å². The fourth-order valence-electron chi connectivity index (χ4n) is 2.90. The van der Waals surface area contributed by atoms with Crippen molar-refractivity contribution < 1.29 is 14.3 Å². The number of hydrogen-bond acceptors (Lipinski definition) is 3. The number of halogens is 1. The summed E-state index contributed by atoms with van der Waals surface area (Å²) < 4.78 is 11.5. The highest BCUT2D eigenvalue weighted by molar-refractivity contribution is 9.10. The first kappa shape index (κ1) is 16.8. The van der Waals surface area contributed by atoms with Gasteiger partial charge in [0.2, 0.25) is 5.91 Å². The topological polar surface area (TPSA) is 47.6 Å². The van der Waals surface area contributed by atoms with Crippen molar-refractivity contribution in [3.8, 4) is 11.5 Å². The standard InChI is InChI=1S/C19H20BrNO3/c1-23-16-7-6-13(10-17(16)24-2)12-21-18(22)19(8-9-19)14-4-3-5-15(20)11-14/h3-7,10-11H,8-9,12H2,1-2H3,(H,21,22). The van der Waals surface area contributed by atoms with E-state index in [9.17, 15) is 4.79 Å². The van der Waals surface area contributed by atoms with Crippen LogP contribution in [0.25, 0.3) is 0 Å². The van der Waals surface area contributed by atoms with Crippen molar-refractivity contribution in [3.05, 3.63) is 58.1 Å². The number of rotatable bonds is 6. The van der Waals surface area contributed by atoms with Crippen molar-refractivity contribution in [2.45, 2.75) is 24.8 Å². The Hall–Kier alpha value is -2.01. The maximum Gasteiger partial charge on any atom is 0.230 e. The molecule has 1 amide bonds. The van der Waals surface area contributed by atoms with Crippen LogP contribution < -0.4 is 14.8 Å². The van der Waals surface area contributed by atoms with Crippen molar-refractivity contribution in [1.29, 1.82) is 0 Å². The molecule has 0 bridgehead atoms. The Bertz CT molecular complexity index is 756. The van der Waals surface area contributed by atoms with Gasteiger partial charge in [0.1, 0.15) is 0 Å². The van der Waals surface area contributed by atoms with Gasteiger partial charge in [-0.25, -0.2) is 0 Å². The Morgan fingerprint density at radius 1 is 1.12 bits per heavy atom. The van der Waals surface area contributed by atoms with E-state index in [1.54, 1.807) is 14.2 Å². The molecule has 24 heavy (non-hydrogen) atoms. The molecule has 0 aromatic heterocycles. The van der Waals surface area contributed by atoms with E-state index in [-0.39, 0.29) is 11.3 Å². The number of hydrogen-bond donors (Lipinski definition) is 1. The zero-order valence-electron chi connectivity index (χ0n) is 13.8. The molecule has 0 aliphatic heterocycles. The van der Waals surface area contributed by atoms with Gasteiger partial charge in [-0.3, -0.25) is 4.79 Å². The number of carbonyl (C=O) groups is 1.